The highest BCUT2D eigenvalue weighted by Crippen LogP contribution is 2.40. The topological polar surface area (TPSA) is 73.3 Å². The van der Waals surface area contributed by atoms with E-state index in [1.807, 2.05) is 12.1 Å². The largest absolute Gasteiger partial charge is 0.486 e. The Bertz CT molecular complexity index is 1080. The van der Waals surface area contributed by atoms with Gasteiger partial charge in [-0.15, -0.1) is 11.3 Å². The molecule has 0 radical (unpaired) electrons. The summed E-state index contributed by atoms with van der Waals surface area (Å²) in [4.78, 5) is 23.9. The van der Waals surface area contributed by atoms with Crippen LogP contribution in [0.3, 0.4) is 0 Å². The van der Waals surface area contributed by atoms with Crippen molar-refractivity contribution in [3.8, 4) is 11.5 Å². The molecule has 1 unspecified atom stereocenters. The first-order valence-electron chi connectivity index (χ1n) is 9.75. The highest BCUT2D eigenvalue weighted by atomic mass is 32.2. The Morgan fingerprint density at radius 2 is 2.14 bits per heavy atom. The van der Waals surface area contributed by atoms with Gasteiger partial charge >= 0.3 is 0 Å². The first-order valence-corrected chi connectivity index (χ1v) is 11.5. The second-order valence-corrected chi connectivity index (χ2v) is 9.45. The van der Waals surface area contributed by atoms with Gasteiger partial charge in [0.25, 0.3) is 0 Å². The Kier molecular flexibility index (Phi) is 5.05. The molecule has 3 heterocycles. The lowest BCUT2D eigenvalue weighted by Crippen LogP contribution is -2.17. The van der Waals surface area contributed by atoms with E-state index in [-0.39, 0.29) is 5.91 Å². The minimum atomic E-state index is -0.0730. The van der Waals surface area contributed by atoms with Gasteiger partial charge in [-0.25, -0.2) is 9.97 Å². The Morgan fingerprint density at radius 3 is 3.03 bits per heavy atom. The molecule has 29 heavy (non-hydrogen) atoms. The summed E-state index contributed by atoms with van der Waals surface area (Å²) in [5.41, 5.74) is 2.09. The molecule has 3 aromatic rings. The van der Waals surface area contributed by atoms with Crippen molar-refractivity contribution in [3.05, 3.63) is 35.0 Å². The quantitative estimate of drug-likeness (QED) is 0.494. The third-order valence-corrected chi connectivity index (χ3v) is 7.37. The van der Waals surface area contributed by atoms with Gasteiger partial charge in [-0.05, 0) is 42.9 Å². The monoisotopic (exact) mass is 427 g/mol. The number of carbonyl (C=O) groups excluding carboxylic acids is 1. The van der Waals surface area contributed by atoms with Crippen LogP contribution in [0.4, 0.5) is 5.69 Å². The van der Waals surface area contributed by atoms with Gasteiger partial charge in [0, 0.05) is 22.0 Å². The van der Waals surface area contributed by atoms with Gasteiger partial charge in [0.2, 0.25) is 5.91 Å². The molecule has 5 rings (SSSR count). The van der Waals surface area contributed by atoms with Crippen molar-refractivity contribution in [1.29, 1.82) is 0 Å². The van der Waals surface area contributed by atoms with E-state index in [9.17, 15) is 4.79 Å². The predicted molar refractivity (Wildman–Crippen MR) is 115 cm³/mol. The van der Waals surface area contributed by atoms with Crippen molar-refractivity contribution < 1.29 is 14.3 Å². The summed E-state index contributed by atoms with van der Waals surface area (Å²) >= 11 is 3.25. The maximum Gasteiger partial charge on any atom is 0.234 e. The van der Waals surface area contributed by atoms with Crippen LogP contribution in [0.15, 0.2) is 29.6 Å². The lowest BCUT2D eigenvalue weighted by atomic mass is 9.89. The van der Waals surface area contributed by atoms with Crippen LogP contribution in [0.1, 0.15) is 23.8 Å². The molecular weight excluding hydrogens is 406 g/mol. The number of fused-ring (bicyclic) bond motifs is 4. The zero-order valence-corrected chi connectivity index (χ0v) is 17.7. The van der Waals surface area contributed by atoms with E-state index in [4.69, 9.17) is 9.47 Å². The SMILES string of the molecule is CC1CCc2c(sc3ncnc(SCC(=O)Nc4ccc5c(c4)OCCO5)c23)C1. The summed E-state index contributed by atoms with van der Waals surface area (Å²) in [6, 6.07) is 5.45. The van der Waals surface area contributed by atoms with Crippen LogP contribution >= 0.6 is 23.1 Å². The number of anilines is 1. The number of benzene rings is 1. The number of hydrogen-bond donors (Lipinski definition) is 1. The third-order valence-electron chi connectivity index (χ3n) is 5.22. The highest BCUT2D eigenvalue weighted by molar-refractivity contribution is 8.00. The molecule has 0 spiro atoms. The summed E-state index contributed by atoms with van der Waals surface area (Å²) < 4.78 is 11.1. The maximum absolute atomic E-state index is 12.5. The van der Waals surface area contributed by atoms with Crippen molar-refractivity contribution in [2.45, 2.75) is 31.2 Å². The average molecular weight is 428 g/mol. The Morgan fingerprint density at radius 1 is 1.28 bits per heavy atom. The first kappa shape index (κ1) is 18.7. The first-order chi connectivity index (χ1) is 14.2. The third kappa shape index (κ3) is 3.79. The molecule has 0 saturated carbocycles. The molecule has 1 N–H and O–H groups in total. The van der Waals surface area contributed by atoms with E-state index in [1.165, 1.54) is 28.6 Å². The van der Waals surface area contributed by atoms with E-state index in [0.29, 0.717) is 36.2 Å². The Hall–Kier alpha value is -2.32. The summed E-state index contributed by atoms with van der Waals surface area (Å²) in [5.74, 6) is 2.32. The summed E-state index contributed by atoms with van der Waals surface area (Å²) in [7, 11) is 0. The van der Waals surface area contributed by atoms with Crippen LogP contribution in [0.25, 0.3) is 10.2 Å². The zero-order chi connectivity index (χ0) is 19.8. The lowest BCUT2D eigenvalue weighted by Gasteiger charge is -2.19. The molecule has 2 aliphatic rings. The van der Waals surface area contributed by atoms with Crippen LogP contribution in [-0.4, -0.2) is 34.8 Å². The van der Waals surface area contributed by atoms with Crippen LogP contribution in [0.5, 0.6) is 11.5 Å². The van der Waals surface area contributed by atoms with Crippen molar-refractivity contribution >= 4 is 44.9 Å². The minimum Gasteiger partial charge on any atom is -0.486 e. The molecule has 1 atom stereocenters. The van der Waals surface area contributed by atoms with Crippen LogP contribution in [0.2, 0.25) is 0 Å². The van der Waals surface area contributed by atoms with Gasteiger partial charge in [-0.2, -0.15) is 0 Å². The minimum absolute atomic E-state index is 0.0730. The second kappa shape index (κ2) is 7.84. The smallest absolute Gasteiger partial charge is 0.234 e. The van der Waals surface area contributed by atoms with Gasteiger partial charge in [0.15, 0.2) is 11.5 Å². The normalized spacial score (nSPS) is 17.8. The molecule has 8 heteroatoms. The fourth-order valence-corrected chi connectivity index (χ4v) is 6.05. The number of rotatable bonds is 4. The fraction of sp³-hybridized carbons (Fsp3) is 0.381. The number of amides is 1. The number of nitrogens with zero attached hydrogens (tertiary/aromatic N) is 2. The molecule has 1 amide bonds. The van der Waals surface area contributed by atoms with Crippen molar-refractivity contribution in [3.63, 3.8) is 0 Å². The van der Waals surface area contributed by atoms with Gasteiger partial charge in [-0.3, -0.25) is 4.79 Å². The molecule has 150 valence electrons. The standard InChI is InChI=1S/C21H21N3O3S2/c1-12-2-4-14-17(8-12)29-21-19(14)20(22-11-23-21)28-10-18(25)24-13-3-5-15-16(9-13)27-7-6-26-15/h3,5,9,11-12H,2,4,6-8,10H2,1H3,(H,24,25). The molecule has 0 fully saturated rings. The number of carbonyl (C=O) groups is 1. The summed E-state index contributed by atoms with van der Waals surface area (Å²) in [5, 5.41) is 4.99. The predicted octanol–water partition coefficient (Wildman–Crippen LogP) is 4.32. The molecule has 0 bridgehead atoms. The molecule has 0 saturated heterocycles. The van der Waals surface area contributed by atoms with Gasteiger partial charge in [0.1, 0.15) is 29.4 Å². The van der Waals surface area contributed by atoms with E-state index in [0.717, 1.165) is 34.0 Å². The number of hydrogen-bond acceptors (Lipinski definition) is 7. The maximum atomic E-state index is 12.5. The Balaban J connectivity index is 1.30. The number of aromatic nitrogens is 2. The fourth-order valence-electron chi connectivity index (χ4n) is 3.81. The van der Waals surface area contributed by atoms with Gasteiger partial charge in [0.05, 0.1) is 5.75 Å². The molecule has 2 aromatic heterocycles. The van der Waals surface area contributed by atoms with Crippen molar-refractivity contribution in [1.82, 2.24) is 9.97 Å². The number of thiophene rings is 1. The van der Waals surface area contributed by atoms with E-state index < -0.39 is 0 Å². The van der Waals surface area contributed by atoms with Crippen molar-refractivity contribution in [2.75, 3.05) is 24.3 Å². The van der Waals surface area contributed by atoms with E-state index in [1.54, 1.807) is 23.7 Å². The second-order valence-electron chi connectivity index (χ2n) is 7.41. The van der Waals surface area contributed by atoms with Crippen LogP contribution in [0, 0.1) is 5.92 Å². The highest BCUT2D eigenvalue weighted by Gasteiger charge is 2.23. The molecule has 6 nitrogen and oxygen atoms in total. The zero-order valence-electron chi connectivity index (χ0n) is 16.1. The van der Waals surface area contributed by atoms with Crippen LogP contribution < -0.4 is 14.8 Å². The lowest BCUT2D eigenvalue weighted by molar-refractivity contribution is -0.113. The average Bonchev–Trinajstić information content (AvgIpc) is 3.10. The summed E-state index contributed by atoms with van der Waals surface area (Å²) in [6.45, 7) is 3.37. The molecule has 1 aliphatic carbocycles. The van der Waals surface area contributed by atoms with Crippen LogP contribution in [-0.2, 0) is 17.6 Å². The van der Waals surface area contributed by atoms with Gasteiger partial charge < -0.3 is 14.8 Å². The molecular formula is C21H21N3O3S2. The number of thioether (sulfide) groups is 1. The number of aryl methyl sites for hydroxylation is 1. The van der Waals surface area contributed by atoms with Gasteiger partial charge in [-0.1, -0.05) is 18.7 Å². The van der Waals surface area contributed by atoms with E-state index in [2.05, 4.69) is 22.2 Å². The number of nitrogens with one attached hydrogen (secondary N) is 1. The molecule has 1 aliphatic heterocycles. The summed E-state index contributed by atoms with van der Waals surface area (Å²) in [6.07, 6.45) is 4.99. The Labute approximate surface area is 177 Å². The van der Waals surface area contributed by atoms with E-state index >= 15 is 0 Å². The van der Waals surface area contributed by atoms with Crippen molar-refractivity contribution in [2.24, 2.45) is 5.92 Å². The molecule has 1 aromatic carbocycles. The number of ether oxygens (including phenoxy) is 2.